The number of rotatable bonds is 6. The summed E-state index contributed by atoms with van der Waals surface area (Å²) in [5, 5.41) is 9.55. The average molecular weight is 424 g/mol. The van der Waals surface area contributed by atoms with E-state index in [4.69, 9.17) is 4.74 Å². The van der Waals surface area contributed by atoms with Crippen molar-refractivity contribution in [3.63, 3.8) is 0 Å². The van der Waals surface area contributed by atoms with E-state index in [0.29, 0.717) is 16.7 Å². The summed E-state index contributed by atoms with van der Waals surface area (Å²) in [4.78, 5) is 24.3. The van der Waals surface area contributed by atoms with E-state index >= 15 is 0 Å². The minimum Gasteiger partial charge on any atom is -0.478 e. The third-order valence-corrected chi connectivity index (χ3v) is 5.49. The average Bonchev–Trinajstić information content (AvgIpc) is 2.64. The van der Waals surface area contributed by atoms with Crippen molar-refractivity contribution in [1.82, 2.24) is 0 Å². The van der Waals surface area contributed by atoms with Crippen LogP contribution in [0.3, 0.4) is 0 Å². The Labute approximate surface area is 172 Å². The molecule has 1 aliphatic rings. The molecule has 1 aromatic carbocycles. The molecule has 0 bridgehead atoms. The van der Waals surface area contributed by atoms with Crippen LogP contribution >= 0.6 is 0 Å². The van der Waals surface area contributed by atoms with Crippen LogP contribution in [0.4, 0.5) is 13.2 Å². The smallest absolute Gasteiger partial charge is 0.478 e. The lowest BCUT2D eigenvalue weighted by Crippen LogP contribution is -2.39. The molecule has 162 valence electrons. The van der Waals surface area contributed by atoms with Crippen LogP contribution in [-0.2, 0) is 9.53 Å². The number of ether oxygens (including phenoxy) is 2. The van der Waals surface area contributed by atoms with Crippen molar-refractivity contribution in [2.45, 2.75) is 40.2 Å². The number of carbonyl (C=O) groups excluding carboxylic acids is 1. The van der Waals surface area contributed by atoms with Crippen LogP contribution in [0.15, 0.2) is 58.7 Å². The highest BCUT2D eigenvalue weighted by molar-refractivity contribution is 6.06. The van der Waals surface area contributed by atoms with Crippen molar-refractivity contribution in [3.05, 3.63) is 64.3 Å². The van der Waals surface area contributed by atoms with Gasteiger partial charge in [0.15, 0.2) is 5.78 Å². The van der Waals surface area contributed by atoms with E-state index in [1.54, 1.807) is 27.7 Å². The number of aliphatic carboxylic acids is 1. The number of carboxylic acid groups (broad SMARTS) is 1. The van der Waals surface area contributed by atoms with E-state index in [2.05, 4.69) is 4.74 Å². The highest BCUT2D eigenvalue weighted by Crippen LogP contribution is 2.46. The monoisotopic (exact) mass is 424 g/mol. The van der Waals surface area contributed by atoms with E-state index in [-0.39, 0.29) is 11.1 Å². The van der Waals surface area contributed by atoms with Gasteiger partial charge in [0.2, 0.25) is 0 Å². The van der Waals surface area contributed by atoms with E-state index in [9.17, 15) is 27.9 Å². The zero-order valence-corrected chi connectivity index (χ0v) is 17.3. The van der Waals surface area contributed by atoms with Crippen LogP contribution < -0.4 is 4.74 Å². The van der Waals surface area contributed by atoms with E-state index in [0.717, 1.165) is 6.07 Å². The maximum Gasteiger partial charge on any atom is 0.573 e. The van der Waals surface area contributed by atoms with Crippen LogP contribution in [0, 0.1) is 5.41 Å². The molecular formula is C22H23F3O5. The second-order valence-corrected chi connectivity index (χ2v) is 7.25. The Bertz CT molecular complexity index is 956. The zero-order chi connectivity index (χ0) is 22.9. The van der Waals surface area contributed by atoms with Crippen molar-refractivity contribution in [3.8, 4) is 5.75 Å². The highest BCUT2D eigenvalue weighted by Gasteiger charge is 2.42. The van der Waals surface area contributed by atoms with Crippen LogP contribution in [0.1, 0.15) is 38.1 Å². The Hall–Kier alpha value is -2.87. The Morgan fingerprint density at radius 2 is 1.77 bits per heavy atom. The molecule has 8 heteroatoms. The Morgan fingerprint density at radius 1 is 1.17 bits per heavy atom. The molecule has 1 aliphatic carbocycles. The molecule has 2 atom stereocenters. The second-order valence-electron chi connectivity index (χ2n) is 7.25. The van der Waals surface area contributed by atoms with E-state index < -0.39 is 35.4 Å². The number of alkyl halides is 3. The van der Waals surface area contributed by atoms with Gasteiger partial charge in [-0.25, -0.2) is 4.79 Å². The molecular weight excluding hydrogens is 401 g/mol. The summed E-state index contributed by atoms with van der Waals surface area (Å²) in [7, 11) is 1.43. The number of carboxylic acids is 1. The first-order valence-corrected chi connectivity index (χ1v) is 9.07. The molecule has 2 rings (SSSR count). The molecule has 0 saturated carbocycles. The van der Waals surface area contributed by atoms with Gasteiger partial charge in [0, 0.05) is 12.5 Å². The predicted molar refractivity (Wildman–Crippen MR) is 104 cm³/mol. The van der Waals surface area contributed by atoms with Gasteiger partial charge in [-0.2, -0.15) is 0 Å². The van der Waals surface area contributed by atoms with Crippen LogP contribution in [0.25, 0.3) is 0 Å². The minimum absolute atomic E-state index is 0.153. The molecule has 0 spiro atoms. The quantitative estimate of drug-likeness (QED) is 0.508. The van der Waals surface area contributed by atoms with E-state index in [1.165, 1.54) is 37.5 Å². The SMILES string of the molecule is COC1C(C)=C(C(=O)O)C(C)=C(C)C1(C)C=CC(=O)c1ccccc1OC(F)(F)F. The fraction of sp³-hybridized carbons (Fsp3) is 0.364. The molecule has 0 heterocycles. The first kappa shape index (κ1) is 23.4. The van der Waals surface area contributed by atoms with Gasteiger partial charge in [-0.15, -0.1) is 13.2 Å². The maximum absolute atomic E-state index is 12.7. The van der Waals surface area contributed by atoms with Gasteiger partial charge in [-0.3, -0.25) is 4.79 Å². The normalized spacial score (nSPS) is 22.6. The molecule has 0 saturated heterocycles. The first-order valence-electron chi connectivity index (χ1n) is 9.07. The summed E-state index contributed by atoms with van der Waals surface area (Å²) in [5.41, 5.74) is 0.761. The van der Waals surface area contributed by atoms with Crippen molar-refractivity contribution >= 4 is 11.8 Å². The lowest BCUT2D eigenvalue weighted by molar-refractivity contribution is -0.274. The molecule has 0 aliphatic heterocycles. The van der Waals surface area contributed by atoms with Gasteiger partial charge in [-0.05, 0) is 57.0 Å². The fourth-order valence-corrected chi connectivity index (χ4v) is 3.85. The summed E-state index contributed by atoms with van der Waals surface area (Å²) in [5.74, 6) is -2.35. The van der Waals surface area contributed by atoms with Crippen molar-refractivity contribution in [2.24, 2.45) is 5.41 Å². The lowest BCUT2D eigenvalue weighted by Gasteiger charge is -2.41. The summed E-state index contributed by atoms with van der Waals surface area (Å²) >= 11 is 0. The first-order chi connectivity index (χ1) is 13.8. The van der Waals surface area contributed by atoms with Crippen molar-refractivity contribution < 1.29 is 37.3 Å². The van der Waals surface area contributed by atoms with Gasteiger partial charge in [0.1, 0.15) is 5.75 Å². The second kappa shape index (κ2) is 8.47. The highest BCUT2D eigenvalue weighted by atomic mass is 19.4. The van der Waals surface area contributed by atoms with Gasteiger partial charge < -0.3 is 14.6 Å². The lowest BCUT2D eigenvalue weighted by atomic mass is 9.67. The summed E-state index contributed by atoms with van der Waals surface area (Å²) in [6, 6.07) is 5.08. The number of methoxy groups -OCH3 is 1. The number of benzene rings is 1. The maximum atomic E-state index is 12.7. The minimum atomic E-state index is -4.93. The van der Waals surface area contributed by atoms with Gasteiger partial charge >= 0.3 is 12.3 Å². The molecule has 1 aromatic rings. The number of carbonyl (C=O) groups is 2. The zero-order valence-electron chi connectivity index (χ0n) is 17.3. The molecule has 0 fully saturated rings. The summed E-state index contributed by atoms with van der Waals surface area (Å²) in [6.07, 6.45) is -2.89. The Morgan fingerprint density at radius 3 is 2.30 bits per heavy atom. The molecule has 30 heavy (non-hydrogen) atoms. The van der Waals surface area contributed by atoms with Crippen LogP contribution in [-0.4, -0.2) is 36.4 Å². The van der Waals surface area contributed by atoms with Crippen LogP contribution in [0.5, 0.6) is 5.75 Å². The molecule has 0 amide bonds. The number of halogens is 3. The topological polar surface area (TPSA) is 72.8 Å². The molecule has 1 N–H and O–H groups in total. The number of hydrogen-bond acceptors (Lipinski definition) is 4. The summed E-state index contributed by atoms with van der Waals surface area (Å²) in [6.45, 7) is 6.85. The standard InChI is InChI=1S/C22H23F3O5/c1-12-14(3)21(4,19(29-5)13(2)18(12)20(27)28)11-10-16(26)15-8-6-7-9-17(15)30-22(23,24)25/h6-11,19H,1-5H3,(H,27,28). The van der Waals surface area contributed by atoms with Gasteiger partial charge in [0.05, 0.1) is 17.2 Å². The molecule has 0 radical (unpaired) electrons. The van der Waals surface area contributed by atoms with Gasteiger partial charge in [-0.1, -0.05) is 23.8 Å². The predicted octanol–water partition coefficient (Wildman–Crippen LogP) is 5.10. The Balaban J connectivity index is 2.47. The number of allylic oxidation sites excluding steroid dienone is 1. The number of hydrogen-bond donors (Lipinski definition) is 1. The Kier molecular flexibility index (Phi) is 6.61. The molecule has 5 nitrogen and oxygen atoms in total. The number of para-hydroxylation sites is 1. The third-order valence-electron chi connectivity index (χ3n) is 5.49. The number of ketones is 1. The molecule has 0 aromatic heterocycles. The summed E-state index contributed by atoms with van der Waals surface area (Å²) < 4.78 is 47.4. The fourth-order valence-electron chi connectivity index (χ4n) is 3.85. The van der Waals surface area contributed by atoms with Crippen LogP contribution in [0.2, 0.25) is 0 Å². The van der Waals surface area contributed by atoms with Crippen molar-refractivity contribution in [1.29, 1.82) is 0 Å². The third kappa shape index (κ3) is 4.48. The van der Waals surface area contributed by atoms with Gasteiger partial charge in [0.25, 0.3) is 0 Å². The largest absolute Gasteiger partial charge is 0.573 e. The molecule has 2 unspecified atom stereocenters. The van der Waals surface area contributed by atoms with Crippen molar-refractivity contribution in [2.75, 3.05) is 7.11 Å². The van der Waals surface area contributed by atoms with E-state index in [1.807, 2.05) is 0 Å².